The Labute approximate surface area is 61.4 Å². The average Bonchev–Trinajstić information content (AvgIpc) is 1.53. The van der Waals surface area contributed by atoms with Crippen molar-refractivity contribution in [3.05, 3.63) is 0 Å². The van der Waals surface area contributed by atoms with E-state index in [1.807, 2.05) is 11.8 Å². The van der Waals surface area contributed by atoms with E-state index in [4.69, 9.17) is 5.73 Å². The second kappa shape index (κ2) is 2.51. The van der Waals surface area contributed by atoms with Gasteiger partial charge in [0.2, 0.25) is 0 Å². The van der Waals surface area contributed by atoms with E-state index in [0.29, 0.717) is 0 Å². The lowest BCUT2D eigenvalue weighted by atomic mass is 9.93. The minimum atomic E-state index is 0.0612. The fraction of sp³-hybridized carbons (Fsp3) is 1.00. The van der Waals surface area contributed by atoms with Crippen molar-refractivity contribution in [3.8, 4) is 0 Å². The molecular formula is C7H15NS. The van der Waals surface area contributed by atoms with E-state index in [1.54, 1.807) is 0 Å². The summed E-state index contributed by atoms with van der Waals surface area (Å²) in [5, 5.41) is 0. The van der Waals surface area contributed by atoms with Crippen molar-refractivity contribution in [1.82, 2.24) is 0 Å². The molecule has 0 bridgehead atoms. The highest BCUT2D eigenvalue weighted by molar-refractivity contribution is 8.00. The highest BCUT2D eigenvalue weighted by Gasteiger charge is 2.24. The molecular weight excluding hydrogens is 130 g/mol. The first-order valence-electron chi connectivity index (χ1n) is 3.44. The van der Waals surface area contributed by atoms with E-state index >= 15 is 0 Å². The Morgan fingerprint density at radius 1 is 1.56 bits per heavy atom. The molecule has 0 spiro atoms. The van der Waals surface area contributed by atoms with Gasteiger partial charge in [0, 0.05) is 5.54 Å². The van der Waals surface area contributed by atoms with Gasteiger partial charge >= 0.3 is 0 Å². The lowest BCUT2D eigenvalue weighted by Gasteiger charge is -2.31. The quantitative estimate of drug-likeness (QED) is 0.637. The predicted octanol–water partition coefficient (Wildman–Crippen LogP) is 1.48. The van der Waals surface area contributed by atoms with Gasteiger partial charge in [-0.3, -0.25) is 0 Å². The van der Waals surface area contributed by atoms with Crippen LogP contribution in [0.1, 0.15) is 20.3 Å². The van der Waals surface area contributed by atoms with E-state index in [0.717, 1.165) is 5.92 Å². The molecule has 0 aromatic heterocycles. The van der Waals surface area contributed by atoms with Crippen LogP contribution in [0.2, 0.25) is 0 Å². The van der Waals surface area contributed by atoms with E-state index in [9.17, 15) is 0 Å². The molecule has 0 aromatic carbocycles. The molecule has 1 fully saturated rings. The van der Waals surface area contributed by atoms with Gasteiger partial charge in [-0.1, -0.05) is 0 Å². The third kappa shape index (κ3) is 2.59. The molecule has 0 aromatic rings. The van der Waals surface area contributed by atoms with Crippen LogP contribution in [0.4, 0.5) is 0 Å². The van der Waals surface area contributed by atoms with Crippen LogP contribution < -0.4 is 5.73 Å². The standard InChI is InChI=1S/C7H15NS/c1-7(2,8)3-6-4-9-5-6/h6H,3-5,8H2,1-2H3. The molecule has 1 aliphatic heterocycles. The molecule has 0 saturated carbocycles. The first-order valence-corrected chi connectivity index (χ1v) is 4.60. The topological polar surface area (TPSA) is 26.0 Å². The molecule has 2 N–H and O–H groups in total. The molecule has 1 saturated heterocycles. The van der Waals surface area contributed by atoms with Crippen LogP contribution in [0, 0.1) is 5.92 Å². The smallest absolute Gasteiger partial charge is 0.0100 e. The van der Waals surface area contributed by atoms with Crippen molar-refractivity contribution in [1.29, 1.82) is 0 Å². The summed E-state index contributed by atoms with van der Waals surface area (Å²) in [5.41, 5.74) is 5.90. The predicted molar refractivity (Wildman–Crippen MR) is 43.7 cm³/mol. The first-order chi connectivity index (χ1) is 4.08. The Morgan fingerprint density at radius 3 is 2.22 bits per heavy atom. The molecule has 0 unspecified atom stereocenters. The van der Waals surface area contributed by atoms with Gasteiger partial charge in [-0.2, -0.15) is 11.8 Å². The monoisotopic (exact) mass is 145 g/mol. The van der Waals surface area contributed by atoms with Crippen LogP contribution in [0.3, 0.4) is 0 Å². The van der Waals surface area contributed by atoms with Gasteiger partial charge in [-0.25, -0.2) is 0 Å². The van der Waals surface area contributed by atoms with Gasteiger partial charge in [0.25, 0.3) is 0 Å². The van der Waals surface area contributed by atoms with Gasteiger partial charge in [-0.05, 0) is 37.7 Å². The normalized spacial score (nSPS) is 21.7. The third-order valence-electron chi connectivity index (χ3n) is 1.52. The molecule has 1 aliphatic rings. The van der Waals surface area contributed by atoms with Crippen LogP contribution in [0.5, 0.6) is 0 Å². The zero-order valence-corrected chi connectivity index (χ0v) is 7.00. The maximum atomic E-state index is 5.84. The summed E-state index contributed by atoms with van der Waals surface area (Å²) < 4.78 is 0. The first kappa shape index (κ1) is 7.42. The summed E-state index contributed by atoms with van der Waals surface area (Å²) in [6.07, 6.45) is 1.19. The van der Waals surface area contributed by atoms with E-state index < -0.39 is 0 Å². The summed E-state index contributed by atoms with van der Waals surface area (Å²) >= 11 is 2.03. The summed E-state index contributed by atoms with van der Waals surface area (Å²) in [4.78, 5) is 0. The second-order valence-corrected chi connectivity index (χ2v) is 4.67. The Kier molecular flexibility index (Phi) is 2.07. The second-order valence-electron chi connectivity index (χ2n) is 3.60. The Hall–Kier alpha value is 0.310. The van der Waals surface area contributed by atoms with Crippen LogP contribution in [-0.4, -0.2) is 17.0 Å². The lowest BCUT2D eigenvalue weighted by Crippen LogP contribution is -2.37. The van der Waals surface area contributed by atoms with Crippen LogP contribution in [-0.2, 0) is 0 Å². The Morgan fingerprint density at radius 2 is 2.11 bits per heavy atom. The van der Waals surface area contributed by atoms with Crippen molar-refractivity contribution in [2.45, 2.75) is 25.8 Å². The van der Waals surface area contributed by atoms with Crippen molar-refractivity contribution in [2.75, 3.05) is 11.5 Å². The molecule has 1 heterocycles. The van der Waals surface area contributed by atoms with E-state index in [2.05, 4.69) is 13.8 Å². The molecule has 0 radical (unpaired) electrons. The molecule has 9 heavy (non-hydrogen) atoms. The van der Waals surface area contributed by atoms with Crippen molar-refractivity contribution < 1.29 is 0 Å². The maximum absolute atomic E-state index is 5.84. The highest BCUT2D eigenvalue weighted by Crippen LogP contribution is 2.30. The summed E-state index contributed by atoms with van der Waals surface area (Å²) in [6, 6.07) is 0. The van der Waals surface area contributed by atoms with Crippen LogP contribution in [0.15, 0.2) is 0 Å². The van der Waals surface area contributed by atoms with Crippen molar-refractivity contribution in [2.24, 2.45) is 11.7 Å². The van der Waals surface area contributed by atoms with E-state index in [1.165, 1.54) is 17.9 Å². The summed E-state index contributed by atoms with van der Waals surface area (Å²) in [5.74, 6) is 3.58. The average molecular weight is 145 g/mol. The van der Waals surface area contributed by atoms with Crippen molar-refractivity contribution in [3.63, 3.8) is 0 Å². The molecule has 2 heteroatoms. The van der Waals surface area contributed by atoms with Gasteiger partial charge in [0.05, 0.1) is 0 Å². The van der Waals surface area contributed by atoms with Crippen LogP contribution in [0.25, 0.3) is 0 Å². The minimum absolute atomic E-state index is 0.0612. The van der Waals surface area contributed by atoms with E-state index in [-0.39, 0.29) is 5.54 Å². The SMILES string of the molecule is CC(C)(N)CC1CSC1. The fourth-order valence-corrected chi connectivity index (χ4v) is 1.95. The third-order valence-corrected chi connectivity index (χ3v) is 2.94. The summed E-state index contributed by atoms with van der Waals surface area (Å²) in [7, 11) is 0. The highest BCUT2D eigenvalue weighted by atomic mass is 32.2. The lowest BCUT2D eigenvalue weighted by molar-refractivity contribution is 0.398. The minimum Gasteiger partial charge on any atom is -0.326 e. The molecule has 0 aliphatic carbocycles. The number of hydrogen-bond donors (Lipinski definition) is 1. The number of nitrogens with two attached hydrogens (primary N) is 1. The summed E-state index contributed by atoms with van der Waals surface area (Å²) in [6.45, 7) is 4.21. The fourth-order valence-electron chi connectivity index (χ4n) is 1.15. The zero-order chi connectivity index (χ0) is 6.91. The van der Waals surface area contributed by atoms with Gasteiger partial charge in [0.15, 0.2) is 0 Å². The number of rotatable bonds is 2. The molecule has 1 nitrogen and oxygen atoms in total. The number of thioether (sulfide) groups is 1. The van der Waals surface area contributed by atoms with Gasteiger partial charge < -0.3 is 5.73 Å². The maximum Gasteiger partial charge on any atom is 0.0100 e. The van der Waals surface area contributed by atoms with Gasteiger partial charge in [0.1, 0.15) is 0 Å². The van der Waals surface area contributed by atoms with Gasteiger partial charge in [-0.15, -0.1) is 0 Å². The van der Waals surface area contributed by atoms with Crippen molar-refractivity contribution >= 4 is 11.8 Å². The number of hydrogen-bond acceptors (Lipinski definition) is 2. The largest absolute Gasteiger partial charge is 0.326 e. The Balaban J connectivity index is 2.16. The molecule has 54 valence electrons. The van der Waals surface area contributed by atoms with Crippen LogP contribution >= 0.6 is 11.8 Å². The molecule has 0 atom stereocenters. The Bertz CT molecular complexity index is 91.6. The molecule has 0 amide bonds. The molecule has 1 rings (SSSR count). The zero-order valence-electron chi connectivity index (χ0n) is 6.18.